The minimum Gasteiger partial charge on any atom is -0.207 e. The van der Waals surface area contributed by atoms with Crippen LogP contribution in [0.2, 0.25) is 0 Å². The van der Waals surface area contributed by atoms with Crippen LogP contribution in [0.15, 0.2) is 55.1 Å². The first-order chi connectivity index (χ1) is 7.27. The monoisotopic (exact) mass is 197 g/mol. The first kappa shape index (κ1) is 9.66. The molecular weight excluding hydrogens is 187 g/mol. The molecule has 0 aliphatic rings. The molecule has 0 saturated carbocycles. The highest BCUT2D eigenvalue weighted by molar-refractivity contribution is 5.77. The van der Waals surface area contributed by atoms with Crippen molar-refractivity contribution in [3.8, 4) is 0 Å². The molecule has 0 unspecified atom stereocenters. The highest BCUT2D eigenvalue weighted by atomic mass is 19.1. The Morgan fingerprint density at radius 3 is 2.40 bits per heavy atom. The summed E-state index contributed by atoms with van der Waals surface area (Å²) in [6, 6.07) is 17.0. The molecule has 0 saturated heterocycles. The van der Waals surface area contributed by atoms with Crippen molar-refractivity contribution >= 4 is 5.57 Å². The van der Waals surface area contributed by atoms with E-state index >= 15 is 0 Å². The molecule has 15 heavy (non-hydrogen) atoms. The van der Waals surface area contributed by atoms with Crippen molar-refractivity contribution in [1.29, 1.82) is 0 Å². The molecule has 0 amide bonds. The van der Waals surface area contributed by atoms with E-state index in [2.05, 4.69) is 12.6 Å². The van der Waals surface area contributed by atoms with Crippen molar-refractivity contribution in [3.05, 3.63) is 78.1 Å². The fourth-order valence-corrected chi connectivity index (χ4v) is 1.39. The second-order valence-electron chi connectivity index (χ2n) is 3.26. The summed E-state index contributed by atoms with van der Waals surface area (Å²) in [6.07, 6.45) is 0. The molecule has 0 fully saturated rings. The average molecular weight is 197 g/mol. The topological polar surface area (TPSA) is 0 Å². The molecule has 0 aliphatic carbocycles. The largest absolute Gasteiger partial charge is 0.207 e. The van der Waals surface area contributed by atoms with Crippen LogP contribution in [0.25, 0.3) is 5.57 Å². The van der Waals surface area contributed by atoms with Gasteiger partial charge in [0.2, 0.25) is 0 Å². The Morgan fingerprint density at radius 1 is 1.07 bits per heavy atom. The third-order valence-corrected chi connectivity index (χ3v) is 2.23. The summed E-state index contributed by atoms with van der Waals surface area (Å²) in [5, 5.41) is 0. The molecule has 0 atom stereocenters. The summed E-state index contributed by atoms with van der Waals surface area (Å²) in [7, 11) is 0. The summed E-state index contributed by atoms with van der Waals surface area (Å²) in [5.41, 5.74) is 2.71. The van der Waals surface area contributed by atoms with Gasteiger partial charge < -0.3 is 0 Å². The van der Waals surface area contributed by atoms with E-state index in [1.165, 1.54) is 12.1 Å². The van der Waals surface area contributed by atoms with Crippen molar-refractivity contribution < 1.29 is 4.39 Å². The zero-order valence-electron chi connectivity index (χ0n) is 8.20. The van der Waals surface area contributed by atoms with Gasteiger partial charge in [-0.25, -0.2) is 4.39 Å². The number of rotatable bonds is 2. The van der Waals surface area contributed by atoms with Crippen LogP contribution in [0, 0.1) is 11.9 Å². The third kappa shape index (κ3) is 2.13. The van der Waals surface area contributed by atoms with Crippen molar-refractivity contribution in [1.82, 2.24) is 0 Å². The maximum Gasteiger partial charge on any atom is 0.123 e. The minimum absolute atomic E-state index is 0.233. The maximum atomic E-state index is 12.7. The average Bonchev–Trinajstić information content (AvgIpc) is 2.30. The molecule has 1 radical (unpaired) electrons. The van der Waals surface area contributed by atoms with Crippen molar-refractivity contribution in [3.63, 3.8) is 0 Å². The van der Waals surface area contributed by atoms with Crippen LogP contribution in [-0.4, -0.2) is 0 Å². The van der Waals surface area contributed by atoms with Gasteiger partial charge in [-0.1, -0.05) is 43.0 Å². The van der Waals surface area contributed by atoms with Gasteiger partial charge in [0, 0.05) is 0 Å². The molecule has 0 bridgehead atoms. The van der Waals surface area contributed by atoms with Gasteiger partial charge in [0.25, 0.3) is 0 Å². The van der Waals surface area contributed by atoms with Crippen LogP contribution in [0.4, 0.5) is 4.39 Å². The molecule has 0 nitrogen and oxygen atoms in total. The fourth-order valence-electron chi connectivity index (χ4n) is 1.39. The Labute approximate surface area is 88.7 Å². The van der Waals surface area contributed by atoms with Gasteiger partial charge in [-0.3, -0.25) is 0 Å². The third-order valence-electron chi connectivity index (χ3n) is 2.23. The molecule has 0 heterocycles. The molecule has 2 aromatic carbocycles. The fraction of sp³-hybridized carbons (Fsp3) is 0. The Balaban J connectivity index is 2.33. The van der Waals surface area contributed by atoms with E-state index in [1.807, 2.05) is 24.3 Å². The zero-order chi connectivity index (χ0) is 10.7. The maximum absolute atomic E-state index is 12.7. The predicted octanol–water partition coefficient (Wildman–Crippen LogP) is 3.69. The molecule has 73 valence electrons. The Hall–Kier alpha value is -1.89. The van der Waals surface area contributed by atoms with E-state index in [-0.39, 0.29) is 5.82 Å². The molecule has 2 aromatic rings. The summed E-state index contributed by atoms with van der Waals surface area (Å²) in [5.74, 6) is -0.233. The number of benzene rings is 2. The second-order valence-corrected chi connectivity index (χ2v) is 3.26. The molecular formula is C14H10F. The van der Waals surface area contributed by atoms with Crippen LogP contribution in [-0.2, 0) is 0 Å². The van der Waals surface area contributed by atoms with Crippen LogP contribution >= 0.6 is 0 Å². The van der Waals surface area contributed by atoms with E-state index < -0.39 is 0 Å². The smallest absolute Gasteiger partial charge is 0.123 e. The van der Waals surface area contributed by atoms with E-state index in [4.69, 9.17) is 0 Å². The molecule has 0 N–H and O–H groups in total. The quantitative estimate of drug-likeness (QED) is 0.688. The van der Waals surface area contributed by atoms with Crippen LogP contribution in [0.3, 0.4) is 0 Å². The first-order valence-electron chi connectivity index (χ1n) is 4.69. The molecule has 0 aromatic heterocycles. The van der Waals surface area contributed by atoms with Crippen LogP contribution < -0.4 is 0 Å². The first-order valence-corrected chi connectivity index (χ1v) is 4.69. The van der Waals surface area contributed by atoms with Crippen molar-refractivity contribution in [2.24, 2.45) is 0 Å². The highest BCUT2D eigenvalue weighted by Gasteiger charge is 2.01. The van der Waals surface area contributed by atoms with E-state index in [0.29, 0.717) is 0 Å². The zero-order valence-corrected chi connectivity index (χ0v) is 8.20. The highest BCUT2D eigenvalue weighted by Crippen LogP contribution is 2.20. The lowest BCUT2D eigenvalue weighted by Crippen LogP contribution is -1.86. The van der Waals surface area contributed by atoms with Gasteiger partial charge >= 0.3 is 0 Å². The van der Waals surface area contributed by atoms with Gasteiger partial charge in [0.05, 0.1) is 0 Å². The minimum atomic E-state index is -0.233. The van der Waals surface area contributed by atoms with Crippen molar-refractivity contribution in [2.75, 3.05) is 0 Å². The molecule has 2 rings (SSSR count). The number of hydrogen-bond acceptors (Lipinski definition) is 0. The number of hydrogen-bond donors (Lipinski definition) is 0. The van der Waals surface area contributed by atoms with E-state index in [9.17, 15) is 4.39 Å². The summed E-state index contributed by atoms with van der Waals surface area (Å²) in [6.45, 7) is 3.97. The lowest BCUT2D eigenvalue weighted by Gasteiger charge is -2.05. The van der Waals surface area contributed by atoms with E-state index in [1.54, 1.807) is 12.1 Å². The van der Waals surface area contributed by atoms with Gasteiger partial charge in [-0.2, -0.15) is 0 Å². The molecule has 1 heteroatoms. The molecule has 0 aliphatic heterocycles. The van der Waals surface area contributed by atoms with Crippen LogP contribution in [0.5, 0.6) is 0 Å². The summed E-state index contributed by atoms with van der Waals surface area (Å²) in [4.78, 5) is 0. The Kier molecular flexibility index (Phi) is 2.64. The van der Waals surface area contributed by atoms with Gasteiger partial charge in [-0.15, -0.1) is 0 Å². The van der Waals surface area contributed by atoms with Gasteiger partial charge in [0.15, 0.2) is 0 Å². The van der Waals surface area contributed by atoms with Gasteiger partial charge in [0.1, 0.15) is 5.82 Å². The molecule has 0 spiro atoms. The SMILES string of the molecule is C=C(c1[c]cccc1)c1ccc(F)cc1. The Morgan fingerprint density at radius 2 is 1.80 bits per heavy atom. The lowest BCUT2D eigenvalue weighted by atomic mass is 10.00. The van der Waals surface area contributed by atoms with Crippen molar-refractivity contribution in [2.45, 2.75) is 0 Å². The predicted molar refractivity (Wildman–Crippen MR) is 59.8 cm³/mol. The lowest BCUT2D eigenvalue weighted by molar-refractivity contribution is 0.627. The summed E-state index contributed by atoms with van der Waals surface area (Å²) < 4.78 is 12.7. The Bertz CT molecular complexity index is 454. The second kappa shape index (κ2) is 4.09. The number of halogens is 1. The standard InChI is InChI=1S/C14H10F/c1-11(12-5-3-2-4-6-12)13-7-9-14(15)10-8-13/h2-5,7-10H,1H2. The van der Waals surface area contributed by atoms with Gasteiger partial charge in [-0.05, 0) is 34.9 Å². The van der Waals surface area contributed by atoms with E-state index in [0.717, 1.165) is 16.7 Å². The normalized spacial score (nSPS) is 9.93. The van der Waals surface area contributed by atoms with Crippen LogP contribution in [0.1, 0.15) is 11.1 Å². The summed E-state index contributed by atoms with van der Waals surface area (Å²) >= 11 is 0.